The van der Waals surface area contributed by atoms with E-state index in [0.717, 1.165) is 18.7 Å². The van der Waals surface area contributed by atoms with Crippen LogP contribution in [0.1, 0.15) is 29.1 Å². The quantitative estimate of drug-likeness (QED) is 0.470. The highest BCUT2D eigenvalue weighted by atomic mass is 35.5. The predicted molar refractivity (Wildman–Crippen MR) is 130 cm³/mol. The van der Waals surface area contributed by atoms with Crippen LogP contribution >= 0.6 is 11.6 Å². The Morgan fingerprint density at radius 3 is 2.65 bits per heavy atom. The van der Waals surface area contributed by atoms with Gasteiger partial charge in [-0.2, -0.15) is 4.98 Å². The van der Waals surface area contributed by atoms with Gasteiger partial charge in [-0.1, -0.05) is 47.1 Å². The van der Waals surface area contributed by atoms with Crippen molar-refractivity contribution in [2.45, 2.75) is 19.4 Å². The third-order valence-corrected chi connectivity index (χ3v) is 6.07. The number of rotatable bonds is 8. The molecule has 34 heavy (non-hydrogen) atoms. The van der Waals surface area contributed by atoms with Gasteiger partial charge < -0.3 is 15.2 Å². The van der Waals surface area contributed by atoms with Gasteiger partial charge >= 0.3 is 0 Å². The summed E-state index contributed by atoms with van der Waals surface area (Å²) in [5.74, 6) is 0.508. The van der Waals surface area contributed by atoms with Gasteiger partial charge in [0.2, 0.25) is 17.6 Å². The zero-order valence-electron chi connectivity index (χ0n) is 18.7. The first kappa shape index (κ1) is 23.7. The summed E-state index contributed by atoms with van der Waals surface area (Å²) >= 11 is 6.22. The van der Waals surface area contributed by atoms with E-state index in [-0.39, 0.29) is 17.7 Å². The average molecular weight is 480 g/mol. The number of carbonyl (C=O) groups is 2. The van der Waals surface area contributed by atoms with E-state index in [1.54, 1.807) is 36.4 Å². The van der Waals surface area contributed by atoms with Crippen molar-refractivity contribution in [1.82, 2.24) is 20.4 Å². The van der Waals surface area contributed by atoms with E-state index >= 15 is 0 Å². The van der Waals surface area contributed by atoms with Crippen LogP contribution in [0.25, 0.3) is 11.4 Å². The second-order valence-corrected chi connectivity index (χ2v) is 8.48. The highest BCUT2D eigenvalue weighted by Gasteiger charge is 2.27. The van der Waals surface area contributed by atoms with Crippen molar-refractivity contribution in [2.75, 3.05) is 25.0 Å². The van der Waals surface area contributed by atoms with Crippen molar-refractivity contribution in [2.24, 2.45) is 5.92 Å². The molecular formula is C25H26ClN5O3. The lowest BCUT2D eigenvalue weighted by molar-refractivity contribution is -0.121. The van der Waals surface area contributed by atoms with Crippen LogP contribution < -0.4 is 10.6 Å². The third kappa shape index (κ3) is 5.70. The van der Waals surface area contributed by atoms with Crippen LogP contribution in [0.5, 0.6) is 0 Å². The molecule has 0 saturated carbocycles. The molecule has 1 saturated heterocycles. The summed E-state index contributed by atoms with van der Waals surface area (Å²) in [7, 11) is 0. The van der Waals surface area contributed by atoms with Crippen molar-refractivity contribution in [1.29, 1.82) is 0 Å². The van der Waals surface area contributed by atoms with Crippen LogP contribution in [0.3, 0.4) is 0 Å². The molecule has 1 aliphatic heterocycles. The molecule has 1 fully saturated rings. The summed E-state index contributed by atoms with van der Waals surface area (Å²) in [6.45, 7) is 5.93. The summed E-state index contributed by atoms with van der Waals surface area (Å²) in [5, 5.41) is 10.3. The molecule has 0 spiro atoms. The van der Waals surface area contributed by atoms with E-state index in [0.29, 0.717) is 53.9 Å². The molecule has 2 N–H and O–H groups in total. The van der Waals surface area contributed by atoms with Crippen LogP contribution in [0.4, 0.5) is 5.69 Å². The van der Waals surface area contributed by atoms with Crippen LogP contribution in [-0.4, -0.2) is 46.5 Å². The Morgan fingerprint density at radius 2 is 1.88 bits per heavy atom. The minimum atomic E-state index is -0.249. The molecule has 1 aliphatic rings. The number of piperidine rings is 1. The third-order valence-electron chi connectivity index (χ3n) is 5.74. The maximum absolute atomic E-state index is 12.9. The number of benzene rings is 2. The Morgan fingerprint density at radius 1 is 1.15 bits per heavy atom. The molecular weight excluding hydrogens is 454 g/mol. The van der Waals surface area contributed by atoms with E-state index in [9.17, 15) is 9.59 Å². The molecule has 0 unspecified atom stereocenters. The number of nitrogens with zero attached hydrogens (tertiary/aromatic N) is 3. The van der Waals surface area contributed by atoms with Gasteiger partial charge in [-0.3, -0.25) is 14.5 Å². The Balaban J connectivity index is 1.31. The van der Waals surface area contributed by atoms with Gasteiger partial charge in [0.1, 0.15) is 0 Å². The van der Waals surface area contributed by atoms with Gasteiger partial charge in [-0.05, 0) is 50.2 Å². The number of likely N-dealkylation sites (tertiary alicyclic amines) is 1. The summed E-state index contributed by atoms with van der Waals surface area (Å²) in [4.78, 5) is 31.9. The van der Waals surface area contributed by atoms with Crippen LogP contribution in [0.15, 0.2) is 65.7 Å². The highest BCUT2D eigenvalue weighted by molar-refractivity contribution is 6.33. The van der Waals surface area contributed by atoms with Gasteiger partial charge in [0.05, 0.1) is 22.8 Å². The lowest BCUT2D eigenvalue weighted by Crippen LogP contribution is -2.38. The Hall–Kier alpha value is -3.49. The van der Waals surface area contributed by atoms with Crippen molar-refractivity contribution in [3.05, 3.63) is 77.7 Å². The first-order valence-corrected chi connectivity index (χ1v) is 11.5. The molecule has 2 aromatic carbocycles. The maximum Gasteiger partial charge on any atom is 0.253 e. The standard InChI is InChI=1S/C25H26ClN5O3/c1-2-13-27-25(33)19-8-4-6-10-21(19)28-24(32)17-11-14-31(15-12-17)16-22-29-23(30-34-22)18-7-3-5-9-20(18)26/h2-10,17H,1,11-16H2,(H,27,33)(H,28,32). The topological polar surface area (TPSA) is 100 Å². The fraction of sp³-hybridized carbons (Fsp3) is 0.280. The van der Waals surface area contributed by atoms with E-state index in [2.05, 4.69) is 32.3 Å². The van der Waals surface area contributed by atoms with E-state index in [1.807, 2.05) is 18.2 Å². The number of aromatic nitrogens is 2. The lowest BCUT2D eigenvalue weighted by atomic mass is 9.95. The Bertz CT molecular complexity index is 1170. The van der Waals surface area contributed by atoms with Crippen molar-refractivity contribution in [3.63, 3.8) is 0 Å². The van der Waals surface area contributed by atoms with Gasteiger partial charge in [-0.25, -0.2) is 0 Å². The number of halogens is 1. The summed E-state index contributed by atoms with van der Waals surface area (Å²) < 4.78 is 5.41. The zero-order chi connectivity index (χ0) is 23.9. The first-order valence-electron chi connectivity index (χ1n) is 11.1. The molecule has 0 atom stereocenters. The fourth-order valence-electron chi connectivity index (χ4n) is 3.90. The largest absolute Gasteiger partial charge is 0.349 e. The number of hydrogen-bond acceptors (Lipinski definition) is 6. The minimum absolute atomic E-state index is 0.0811. The lowest BCUT2D eigenvalue weighted by Gasteiger charge is -2.30. The number of nitrogens with one attached hydrogen (secondary N) is 2. The van der Waals surface area contributed by atoms with Gasteiger partial charge in [0.25, 0.3) is 5.91 Å². The van der Waals surface area contributed by atoms with E-state index in [4.69, 9.17) is 16.1 Å². The second kappa shape index (κ2) is 11.1. The van der Waals surface area contributed by atoms with Crippen molar-refractivity contribution >= 4 is 29.1 Å². The normalized spacial score (nSPS) is 14.5. The molecule has 2 amide bonds. The zero-order valence-corrected chi connectivity index (χ0v) is 19.4. The van der Waals surface area contributed by atoms with Gasteiger partial charge in [0.15, 0.2) is 0 Å². The highest BCUT2D eigenvalue weighted by Crippen LogP contribution is 2.26. The molecule has 0 radical (unpaired) electrons. The van der Waals surface area contributed by atoms with E-state index in [1.165, 1.54) is 0 Å². The number of hydrogen-bond donors (Lipinski definition) is 2. The second-order valence-electron chi connectivity index (χ2n) is 8.08. The molecule has 1 aromatic heterocycles. The monoisotopic (exact) mass is 479 g/mol. The predicted octanol–water partition coefficient (Wildman–Crippen LogP) is 4.16. The minimum Gasteiger partial charge on any atom is -0.349 e. The fourth-order valence-corrected chi connectivity index (χ4v) is 4.12. The smallest absolute Gasteiger partial charge is 0.253 e. The van der Waals surface area contributed by atoms with Crippen molar-refractivity contribution in [3.8, 4) is 11.4 Å². The molecule has 4 rings (SSSR count). The first-order chi connectivity index (χ1) is 16.5. The van der Waals surface area contributed by atoms with E-state index < -0.39 is 0 Å². The van der Waals surface area contributed by atoms with Crippen LogP contribution in [0.2, 0.25) is 5.02 Å². The number of para-hydroxylation sites is 1. The SMILES string of the molecule is C=CCNC(=O)c1ccccc1NC(=O)C1CCN(Cc2nc(-c3ccccc3Cl)no2)CC1. The molecule has 176 valence electrons. The number of anilines is 1. The Labute approximate surface area is 203 Å². The van der Waals surface area contributed by atoms with Gasteiger partial charge in [0, 0.05) is 18.0 Å². The maximum atomic E-state index is 12.9. The molecule has 0 aliphatic carbocycles. The Kier molecular flexibility index (Phi) is 7.72. The molecule has 9 heteroatoms. The summed E-state index contributed by atoms with van der Waals surface area (Å²) in [6, 6.07) is 14.4. The molecule has 3 aromatic rings. The van der Waals surface area contributed by atoms with Crippen molar-refractivity contribution < 1.29 is 14.1 Å². The summed E-state index contributed by atoms with van der Waals surface area (Å²) in [5.41, 5.74) is 1.67. The number of amides is 2. The molecule has 0 bridgehead atoms. The van der Waals surface area contributed by atoms with Gasteiger partial charge in [-0.15, -0.1) is 6.58 Å². The summed E-state index contributed by atoms with van der Waals surface area (Å²) in [6.07, 6.45) is 3.00. The van der Waals surface area contributed by atoms with Crippen LogP contribution in [0, 0.1) is 5.92 Å². The molecule has 8 nitrogen and oxygen atoms in total. The number of carbonyl (C=O) groups excluding carboxylic acids is 2. The van der Waals surface area contributed by atoms with Crippen LogP contribution in [-0.2, 0) is 11.3 Å². The average Bonchev–Trinajstić information content (AvgIpc) is 3.31. The molecule has 2 heterocycles.